The lowest BCUT2D eigenvalue weighted by atomic mass is 10.3. The van der Waals surface area contributed by atoms with Crippen LogP contribution in [0.1, 0.15) is 0 Å². The van der Waals surface area contributed by atoms with Gasteiger partial charge in [-0.3, -0.25) is 5.10 Å². The minimum atomic E-state index is 0.595. The molecule has 0 saturated carbocycles. The van der Waals surface area contributed by atoms with Crippen LogP contribution in [0.3, 0.4) is 0 Å². The third-order valence-corrected chi connectivity index (χ3v) is 1.79. The first kappa shape index (κ1) is 6.29. The van der Waals surface area contributed by atoms with E-state index >= 15 is 0 Å². The zero-order chi connectivity index (χ0) is 7.68. The highest BCUT2D eigenvalue weighted by Gasteiger charge is 2.05. The number of aromatic nitrogens is 4. The average Bonchev–Trinajstić information content (AvgIpc) is 2.55. The second-order valence-corrected chi connectivity index (χ2v) is 2.60. The summed E-state index contributed by atoms with van der Waals surface area (Å²) in [7, 11) is 0. The summed E-state index contributed by atoms with van der Waals surface area (Å²) in [5, 5.41) is 12.1. The molecule has 5 nitrogen and oxygen atoms in total. The van der Waals surface area contributed by atoms with Gasteiger partial charge in [0.2, 0.25) is 0 Å². The molecule has 11 heavy (non-hydrogen) atoms. The van der Waals surface area contributed by atoms with Crippen molar-refractivity contribution in [1.29, 1.82) is 0 Å². The summed E-state index contributed by atoms with van der Waals surface area (Å²) in [5.74, 6) is 0. The minimum Gasteiger partial charge on any atom is -0.396 e. The first-order valence-corrected chi connectivity index (χ1v) is 3.78. The molecule has 56 valence electrons. The molecule has 0 aliphatic carbocycles. The van der Waals surface area contributed by atoms with Crippen LogP contribution >= 0.6 is 11.5 Å². The Bertz CT molecular complexity index is 337. The predicted octanol–water partition coefficient (Wildman–Crippen LogP) is 0.510. The van der Waals surface area contributed by atoms with Crippen molar-refractivity contribution in [3.63, 3.8) is 0 Å². The number of nitrogens with two attached hydrogens (primary N) is 1. The van der Waals surface area contributed by atoms with Crippen molar-refractivity contribution in [3.8, 4) is 11.4 Å². The Morgan fingerprint density at radius 2 is 2.45 bits per heavy atom. The van der Waals surface area contributed by atoms with E-state index in [1.807, 2.05) is 5.38 Å². The zero-order valence-electron chi connectivity index (χ0n) is 5.48. The summed E-state index contributed by atoms with van der Waals surface area (Å²) in [5.41, 5.74) is 7.65. The molecular formula is C5H5N5S. The molecule has 3 N–H and O–H groups in total. The highest BCUT2D eigenvalue weighted by atomic mass is 32.1. The molecular weight excluding hydrogens is 162 g/mol. The Hall–Kier alpha value is -1.43. The second-order valence-electron chi connectivity index (χ2n) is 1.99. The van der Waals surface area contributed by atoms with Gasteiger partial charge in [-0.2, -0.15) is 5.10 Å². The number of hydrogen-bond donors (Lipinski definition) is 2. The van der Waals surface area contributed by atoms with E-state index in [0.717, 1.165) is 11.4 Å². The molecule has 2 aromatic rings. The molecule has 0 unspecified atom stereocenters. The normalized spacial score (nSPS) is 10.2. The van der Waals surface area contributed by atoms with Crippen molar-refractivity contribution < 1.29 is 0 Å². The zero-order valence-corrected chi connectivity index (χ0v) is 6.30. The van der Waals surface area contributed by atoms with Gasteiger partial charge >= 0.3 is 0 Å². The number of rotatable bonds is 1. The Balaban J connectivity index is 2.53. The Labute approximate surface area is 66.4 Å². The molecule has 2 heterocycles. The number of nitrogens with zero attached hydrogens (tertiary/aromatic N) is 3. The van der Waals surface area contributed by atoms with Gasteiger partial charge in [0.25, 0.3) is 0 Å². The first-order chi connectivity index (χ1) is 5.38. The summed E-state index contributed by atoms with van der Waals surface area (Å²) < 4.78 is 3.71. The fourth-order valence-corrected chi connectivity index (χ4v) is 1.22. The van der Waals surface area contributed by atoms with E-state index in [2.05, 4.69) is 19.8 Å². The van der Waals surface area contributed by atoms with Crippen molar-refractivity contribution in [2.24, 2.45) is 0 Å². The van der Waals surface area contributed by atoms with Crippen LogP contribution in [-0.2, 0) is 0 Å². The van der Waals surface area contributed by atoms with Crippen molar-refractivity contribution in [2.75, 3.05) is 5.73 Å². The van der Waals surface area contributed by atoms with Crippen molar-refractivity contribution >= 4 is 17.2 Å². The molecule has 0 radical (unpaired) electrons. The van der Waals surface area contributed by atoms with E-state index in [1.54, 1.807) is 6.20 Å². The molecule has 0 bridgehead atoms. The minimum absolute atomic E-state index is 0.595. The first-order valence-electron chi connectivity index (χ1n) is 2.94. The van der Waals surface area contributed by atoms with Gasteiger partial charge in [-0.1, -0.05) is 4.49 Å². The molecule has 0 amide bonds. The number of anilines is 1. The number of H-pyrrole nitrogens is 1. The summed E-state index contributed by atoms with van der Waals surface area (Å²) in [4.78, 5) is 0. The molecule has 0 saturated heterocycles. The Morgan fingerprint density at radius 3 is 3.00 bits per heavy atom. The largest absolute Gasteiger partial charge is 0.396 e. The van der Waals surface area contributed by atoms with Crippen LogP contribution in [0.15, 0.2) is 11.6 Å². The molecule has 2 rings (SSSR count). The summed E-state index contributed by atoms with van der Waals surface area (Å²) in [6.07, 6.45) is 1.55. The van der Waals surface area contributed by atoms with Gasteiger partial charge in [0, 0.05) is 5.38 Å². The van der Waals surface area contributed by atoms with Crippen LogP contribution in [0.2, 0.25) is 0 Å². The monoisotopic (exact) mass is 167 g/mol. The van der Waals surface area contributed by atoms with Gasteiger partial charge in [0.05, 0.1) is 11.9 Å². The maximum Gasteiger partial charge on any atom is 0.125 e. The van der Waals surface area contributed by atoms with Crippen molar-refractivity contribution in [3.05, 3.63) is 11.6 Å². The molecule has 0 aliphatic heterocycles. The topological polar surface area (TPSA) is 80.5 Å². The fraction of sp³-hybridized carbons (Fsp3) is 0. The van der Waals surface area contributed by atoms with Gasteiger partial charge in [0.1, 0.15) is 11.4 Å². The number of nitrogen functional groups attached to an aromatic ring is 1. The van der Waals surface area contributed by atoms with E-state index < -0.39 is 0 Å². The number of nitrogens with one attached hydrogen (secondary N) is 1. The smallest absolute Gasteiger partial charge is 0.125 e. The van der Waals surface area contributed by atoms with Gasteiger partial charge in [-0.25, -0.2) is 0 Å². The molecule has 0 fully saturated rings. The van der Waals surface area contributed by atoms with E-state index in [9.17, 15) is 0 Å². The molecule has 0 spiro atoms. The molecule has 0 aliphatic rings. The van der Waals surface area contributed by atoms with Crippen molar-refractivity contribution in [2.45, 2.75) is 0 Å². The lowest BCUT2D eigenvalue weighted by molar-refractivity contribution is 1.07. The average molecular weight is 167 g/mol. The van der Waals surface area contributed by atoms with Gasteiger partial charge in [-0.05, 0) is 11.5 Å². The SMILES string of the molecule is Nc1cn[nH]c1-c1csnn1. The standard InChI is InChI=1S/C5H5N5S/c6-3-1-7-9-5(3)4-2-11-10-8-4/h1-2H,6H2,(H,7,9). The summed E-state index contributed by atoms with van der Waals surface area (Å²) >= 11 is 1.28. The van der Waals surface area contributed by atoms with Crippen molar-refractivity contribution in [1.82, 2.24) is 19.8 Å². The van der Waals surface area contributed by atoms with Crippen LogP contribution in [0.4, 0.5) is 5.69 Å². The van der Waals surface area contributed by atoms with Gasteiger partial charge in [-0.15, -0.1) is 5.10 Å². The summed E-state index contributed by atoms with van der Waals surface area (Å²) in [6, 6.07) is 0. The Morgan fingerprint density at radius 1 is 1.55 bits per heavy atom. The van der Waals surface area contributed by atoms with Crippen LogP contribution in [0, 0.1) is 0 Å². The lowest BCUT2D eigenvalue weighted by Crippen LogP contribution is -1.86. The molecule has 6 heteroatoms. The van der Waals surface area contributed by atoms with Crippen LogP contribution in [-0.4, -0.2) is 19.8 Å². The Kier molecular flexibility index (Phi) is 1.32. The van der Waals surface area contributed by atoms with E-state index in [4.69, 9.17) is 5.73 Å². The third-order valence-electron chi connectivity index (χ3n) is 1.28. The number of aromatic amines is 1. The summed E-state index contributed by atoms with van der Waals surface area (Å²) in [6.45, 7) is 0. The second kappa shape index (κ2) is 2.31. The molecule has 0 aromatic carbocycles. The molecule has 0 atom stereocenters. The van der Waals surface area contributed by atoms with E-state index in [-0.39, 0.29) is 0 Å². The maximum absolute atomic E-state index is 5.57. The van der Waals surface area contributed by atoms with E-state index in [1.165, 1.54) is 11.5 Å². The fourth-order valence-electron chi connectivity index (χ4n) is 0.774. The van der Waals surface area contributed by atoms with E-state index in [0.29, 0.717) is 5.69 Å². The third kappa shape index (κ3) is 0.966. The maximum atomic E-state index is 5.57. The van der Waals surface area contributed by atoms with Crippen LogP contribution in [0.5, 0.6) is 0 Å². The quantitative estimate of drug-likeness (QED) is 0.648. The highest BCUT2D eigenvalue weighted by Crippen LogP contribution is 2.20. The predicted molar refractivity (Wildman–Crippen MR) is 41.9 cm³/mol. The number of hydrogen-bond acceptors (Lipinski definition) is 5. The van der Waals surface area contributed by atoms with Gasteiger partial charge in [0.15, 0.2) is 0 Å². The molecule has 2 aromatic heterocycles. The van der Waals surface area contributed by atoms with Crippen LogP contribution < -0.4 is 5.73 Å². The lowest BCUT2D eigenvalue weighted by Gasteiger charge is -1.88. The highest BCUT2D eigenvalue weighted by molar-refractivity contribution is 7.03. The van der Waals surface area contributed by atoms with Crippen LogP contribution in [0.25, 0.3) is 11.4 Å². The van der Waals surface area contributed by atoms with Gasteiger partial charge < -0.3 is 5.73 Å².